The Balaban J connectivity index is 2.36. The van der Waals surface area contributed by atoms with Crippen LogP contribution in [0.2, 0.25) is 0 Å². The molecule has 0 bridgehead atoms. The number of carbonyl (C=O) groups excluding carboxylic acids is 1. The second kappa shape index (κ2) is 6.01. The van der Waals surface area contributed by atoms with Gasteiger partial charge in [0.2, 0.25) is 5.95 Å². The van der Waals surface area contributed by atoms with E-state index in [2.05, 4.69) is 15.3 Å². The largest absolute Gasteiger partial charge is 0.494 e. The number of rotatable bonds is 4. The summed E-state index contributed by atoms with van der Waals surface area (Å²) in [6.45, 7) is 2.54. The quantitative estimate of drug-likeness (QED) is 0.880. The first-order valence-corrected chi connectivity index (χ1v) is 6.24. The number of anilines is 1. The topological polar surface area (TPSA) is 90.1 Å². The van der Waals surface area contributed by atoms with Gasteiger partial charge in [0.05, 0.1) is 12.3 Å². The van der Waals surface area contributed by atoms with Crippen LogP contribution in [-0.4, -0.2) is 29.5 Å². The first kappa shape index (κ1) is 13.8. The van der Waals surface area contributed by atoms with Crippen molar-refractivity contribution in [1.29, 1.82) is 0 Å². The van der Waals surface area contributed by atoms with Crippen molar-refractivity contribution in [3.63, 3.8) is 0 Å². The lowest BCUT2D eigenvalue weighted by atomic mass is 10.1. The SMILES string of the molecule is CCOc1ccc(-c2cc(C(=O)NC)nc(N)n2)cc1. The van der Waals surface area contributed by atoms with E-state index in [0.717, 1.165) is 11.3 Å². The van der Waals surface area contributed by atoms with E-state index >= 15 is 0 Å². The summed E-state index contributed by atoms with van der Waals surface area (Å²) < 4.78 is 5.38. The van der Waals surface area contributed by atoms with E-state index in [1.165, 1.54) is 7.05 Å². The van der Waals surface area contributed by atoms with Gasteiger partial charge in [0.25, 0.3) is 5.91 Å². The highest BCUT2D eigenvalue weighted by molar-refractivity contribution is 5.93. The van der Waals surface area contributed by atoms with Gasteiger partial charge in [-0.25, -0.2) is 9.97 Å². The number of hydrogen-bond acceptors (Lipinski definition) is 5. The molecule has 20 heavy (non-hydrogen) atoms. The third-order valence-corrected chi connectivity index (χ3v) is 2.66. The number of aromatic nitrogens is 2. The highest BCUT2D eigenvalue weighted by atomic mass is 16.5. The highest BCUT2D eigenvalue weighted by Gasteiger charge is 2.10. The smallest absolute Gasteiger partial charge is 0.269 e. The summed E-state index contributed by atoms with van der Waals surface area (Å²) in [6, 6.07) is 9.01. The Morgan fingerprint density at radius 3 is 2.60 bits per heavy atom. The molecular weight excluding hydrogens is 256 g/mol. The molecule has 0 aliphatic rings. The fourth-order valence-corrected chi connectivity index (χ4v) is 1.75. The maximum absolute atomic E-state index is 11.6. The van der Waals surface area contributed by atoms with Crippen molar-refractivity contribution in [2.45, 2.75) is 6.92 Å². The molecule has 104 valence electrons. The van der Waals surface area contributed by atoms with Gasteiger partial charge in [-0.3, -0.25) is 4.79 Å². The average Bonchev–Trinajstić information content (AvgIpc) is 2.47. The van der Waals surface area contributed by atoms with Crippen LogP contribution in [0.25, 0.3) is 11.3 Å². The third kappa shape index (κ3) is 3.03. The van der Waals surface area contributed by atoms with Crippen LogP contribution in [0, 0.1) is 0 Å². The summed E-state index contributed by atoms with van der Waals surface area (Å²) in [4.78, 5) is 19.7. The molecule has 0 unspecified atom stereocenters. The molecule has 1 aromatic heterocycles. The number of carbonyl (C=O) groups is 1. The first-order valence-electron chi connectivity index (χ1n) is 6.24. The zero-order valence-corrected chi connectivity index (χ0v) is 11.4. The summed E-state index contributed by atoms with van der Waals surface area (Å²) in [5.74, 6) is 0.547. The predicted octanol–water partition coefficient (Wildman–Crippen LogP) is 1.48. The third-order valence-electron chi connectivity index (χ3n) is 2.66. The fraction of sp³-hybridized carbons (Fsp3) is 0.214. The standard InChI is InChI=1S/C14H16N4O2/c1-3-20-10-6-4-9(5-7-10)11-8-12(13(19)16-2)18-14(15)17-11/h4-8H,3H2,1-2H3,(H,16,19)(H2,15,17,18). The van der Waals surface area contributed by atoms with E-state index < -0.39 is 0 Å². The molecule has 6 heteroatoms. The van der Waals surface area contributed by atoms with Gasteiger partial charge in [0.1, 0.15) is 11.4 Å². The van der Waals surface area contributed by atoms with Crippen LogP contribution in [0.15, 0.2) is 30.3 Å². The van der Waals surface area contributed by atoms with Gasteiger partial charge >= 0.3 is 0 Å². The zero-order valence-electron chi connectivity index (χ0n) is 11.4. The number of benzene rings is 1. The van der Waals surface area contributed by atoms with Crippen LogP contribution < -0.4 is 15.8 Å². The van der Waals surface area contributed by atoms with Crippen molar-refractivity contribution < 1.29 is 9.53 Å². The molecular formula is C14H16N4O2. The summed E-state index contributed by atoms with van der Waals surface area (Å²) >= 11 is 0. The Hall–Kier alpha value is -2.63. The Morgan fingerprint density at radius 2 is 2.00 bits per heavy atom. The highest BCUT2D eigenvalue weighted by Crippen LogP contribution is 2.22. The normalized spacial score (nSPS) is 10.1. The summed E-state index contributed by atoms with van der Waals surface area (Å²) in [5, 5.41) is 2.51. The lowest BCUT2D eigenvalue weighted by Gasteiger charge is -2.07. The van der Waals surface area contributed by atoms with Gasteiger partial charge in [0.15, 0.2) is 0 Å². The number of hydrogen-bond donors (Lipinski definition) is 2. The van der Waals surface area contributed by atoms with E-state index in [-0.39, 0.29) is 17.5 Å². The fourth-order valence-electron chi connectivity index (χ4n) is 1.75. The van der Waals surface area contributed by atoms with Crippen molar-refractivity contribution in [3.8, 4) is 17.0 Å². The Labute approximate surface area is 117 Å². The number of nitrogen functional groups attached to an aromatic ring is 1. The van der Waals surface area contributed by atoms with Crippen molar-refractivity contribution >= 4 is 11.9 Å². The van der Waals surface area contributed by atoms with Gasteiger partial charge < -0.3 is 15.8 Å². The van der Waals surface area contributed by atoms with Gasteiger partial charge in [-0.2, -0.15) is 0 Å². The summed E-state index contributed by atoms with van der Waals surface area (Å²) in [5.41, 5.74) is 7.32. The van der Waals surface area contributed by atoms with Gasteiger partial charge in [-0.05, 0) is 37.3 Å². The summed E-state index contributed by atoms with van der Waals surface area (Å²) in [7, 11) is 1.54. The number of amides is 1. The second-order valence-electron chi connectivity index (χ2n) is 4.03. The number of nitrogens with zero attached hydrogens (tertiary/aromatic N) is 2. The molecule has 6 nitrogen and oxygen atoms in total. The molecule has 0 spiro atoms. The number of nitrogens with one attached hydrogen (secondary N) is 1. The number of ether oxygens (including phenoxy) is 1. The predicted molar refractivity (Wildman–Crippen MR) is 76.4 cm³/mol. The van der Waals surface area contributed by atoms with Crippen LogP contribution in [0.1, 0.15) is 17.4 Å². The number of nitrogens with two attached hydrogens (primary N) is 1. The minimum atomic E-state index is -0.300. The zero-order chi connectivity index (χ0) is 14.5. The minimum Gasteiger partial charge on any atom is -0.494 e. The van der Waals surface area contributed by atoms with E-state index in [1.807, 2.05) is 31.2 Å². The van der Waals surface area contributed by atoms with Crippen molar-refractivity contribution in [2.24, 2.45) is 0 Å². The van der Waals surface area contributed by atoms with Crippen LogP contribution in [0.3, 0.4) is 0 Å². The second-order valence-corrected chi connectivity index (χ2v) is 4.03. The van der Waals surface area contributed by atoms with Gasteiger partial charge in [-0.1, -0.05) is 0 Å². The molecule has 0 saturated carbocycles. The van der Waals surface area contributed by atoms with Crippen molar-refractivity contribution in [1.82, 2.24) is 15.3 Å². The van der Waals surface area contributed by atoms with Crippen molar-refractivity contribution in [2.75, 3.05) is 19.4 Å². The van der Waals surface area contributed by atoms with Gasteiger partial charge in [-0.15, -0.1) is 0 Å². The van der Waals surface area contributed by atoms with Crippen LogP contribution in [0.4, 0.5) is 5.95 Å². The molecule has 1 amide bonds. The Kier molecular flexibility index (Phi) is 4.14. The van der Waals surface area contributed by atoms with E-state index in [4.69, 9.17) is 10.5 Å². The van der Waals surface area contributed by atoms with E-state index in [9.17, 15) is 4.79 Å². The lowest BCUT2D eigenvalue weighted by molar-refractivity contribution is 0.0958. The van der Waals surface area contributed by atoms with E-state index in [0.29, 0.717) is 12.3 Å². The Morgan fingerprint density at radius 1 is 1.30 bits per heavy atom. The molecule has 0 fully saturated rings. The van der Waals surface area contributed by atoms with Crippen molar-refractivity contribution in [3.05, 3.63) is 36.0 Å². The maximum Gasteiger partial charge on any atom is 0.269 e. The Bertz CT molecular complexity index is 611. The van der Waals surface area contributed by atoms with Crippen LogP contribution in [0.5, 0.6) is 5.75 Å². The molecule has 2 aromatic rings. The molecule has 0 saturated heterocycles. The molecule has 0 aliphatic heterocycles. The van der Waals surface area contributed by atoms with Crippen LogP contribution >= 0.6 is 0 Å². The molecule has 0 radical (unpaired) electrons. The summed E-state index contributed by atoms with van der Waals surface area (Å²) in [6.07, 6.45) is 0. The van der Waals surface area contributed by atoms with E-state index in [1.54, 1.807) is 6.07 Å². The maximum atomic E-state index is 11.6. The molecule has 0 atom stereocenters. The average molecular weight is 272 g/mol. The molecule has 0 aliphatic carbocycles. The first-order chi connectivity index (χ1) is 9.63. The van der Waals surface area contributed by atoms with Crippen LogP contribution in [-0.2, 0) is 0 Å². The molecule has 1 aromatic carbocycles. The molecule has 1 heterocycles. The molecule has 2 rings (SSSR count). The molecule has 3 N–H and O–H groups in total. The lowest BCUT2D eigenvalue weighted by Crippen LogP contribution is -2.20. The van der Waals surface area contributed by atoms with Gasteiger partial charge in [0, 0.05) is 12.6 Å². The monoisotopic (exact) mass is 272 g/mol. The minimum absolute atomic E-state index is 0.0648.